The van der Waals surface area contributed by atoms with Gasteiger partial charge in [-0.25, -0.2) is 13.2 Å². The number of ether oxygens (including phenoxy) is 1. The summed E-state index contributed by atoms with van der Waals surface area (Å²) in [4.78, 5) is 26.2. The highest BCUT2D eigenvalue weighted by atomic mass is 35.5. The maximum Gasteiger partial charge on any atom is 0.340 e. The van der Waals surface area contributed by atoms with Crippen molar-refractivity contribution in [1.82, 2.24) is 4.90 Å². The van der Waals surface area contributed by atoms with Gasteiger partial charge in [0, 0.05) is 22.8 Å². The summed E-state index contributed by atoms with van der Waals surface area (Å²) >= 11 is 5.79. The standard InChI is InChI=1S/C16H19ClN2O5S/c17-10-1-4-13(14(18)7-10)16(21)24-8-15(20)19(11-2-3-11)12-5-6-25(22,23)9-12/h1,4,7,11-12H,2-3,5-6,8-9,18H2/t12-/m0/s1. The Morgan fingerprint density at radius 3 is 2.52 bits per heavy atom. The van der Waals surface area contributed by atoms with Gasteiger partial charge in [0.2, 0.25) is 0 Å². The average molecular weight is 387 g/mol. The van der Waals surface area contributed by atoms with E-state index in [0.29, 0.717) is 11.4 Å². The zero-order chi connectivity index (χ0) is 18.2. The third kappa shape index (κ3) is 4.24. The third-order valence-electron chi connectivity index (χ3n) is 4.39. The van der Waals surface area contributed by atoms with Gasteiger partial charge in [0.15, 0.2) is 16.4 Å². The zero-order valence-corrected chi connectivity index (χ0v) is 15.1. The molecule has 1 atom stereocenters. The molecule has 0 aromatic heterocycles. The Morgan fingerprint density at radius 2 is 1.96 bits per heavy atom. The average Bonchev–Trinajstić information content (AvgIpc) is 3.29. The first-order valence-electron chi connectivity index (χ1n) is 8.00. The van der Waals surface area contributed by atoms with Crippen LogP contribution in [-0.4, -0.2) is 55.4 Å². The van der Waals surface area contributed by atoms with Crippen LogP contribution in [-0.2, 0) is 19.4 Å². The van der Waals surface area contributed by atoms with E-state index in [1.54, 1.807) is 4.90 Å². The van der Waals surface area contributed by atoms with Gasteiger partial charge in [-0.05, 0) is 37.5 Å². The number of nitrogens with two attached hydrogens (primary N) is 1. The van der Waals surface area contributed by atoms with Gasteiger partial charge < -0.3 is 15.4 Å². The van der Waals surface area contributed by atoms with Gasteiger partial charge in [0.25, 0.3) is 5.91 Å². The maximum absolute atomic E-state index is 12.5. The summed E-state index contributed by atoms with van der Waals surface area (Å²) in [6, 6.07) is 4.09. The molecule has 25 heavy (non-hydrogen) atoms. The number of hydrogen-bond acceptors (Lipinski definition) is 6. The van der Waals surface area contributed by atoms with Crippen molar-refractivity contribution in [1.29, 1.82) is 0 Å². The molecule has 1 saturated carbocycles. The number of nitrogen functional groups attached to an aromatic ring is 1. The van der Waals surface area contributed by atoms with Crippen LogP contribution in [0.1, 0.15) is 29.6 Å². The molecular formula is C16H19ClN2O5S. The van der Waals surface area contributed by atoms with E-state index in [9.17, 15) is 18.0 Å². The van der Waals surface area contributed by atoms with E-state index >= 15 is 0 Å². The van der Waals surface area contributed by atoms with Crippen molar-refractivity contribution >= 4 is 39.0 Å². The number of sulfone groups is 1. The monoisotopic (exact) mass is 386 g/mol. The van der Waals surface area contributed by atoms with Crippen molar-refractivity contribution in [2.75, 3.05) is 23.8 Å². The zero-order valence-electron chi connectivity index (χ0n) is 13.5. The maximum atomic E-state index is 12.5. The van der Waals surface area contributed by atoms with Crippen LogP contribution in [0.3, 0.4) is 0 Å². The number of nitrogens with zero attached hydrogens (tertiary/aromatic N) is 1. The van der Waals surface area contributed by atoms with E-state index in [1.807, 2.05) is 0 Å². The van der Waals surface area contributed by atoms with Crippen molar-refractivity contribution < 1.29 is 22.7 Å². The molecule has 2 aliphatic rings. The molecular weight excluding hydrogens is 368 g/mol. The highest BCUT2D eigenvalue weighted by molar-refractivity contribution is 7.91. The molecule has 7 nitrogen and oxygen atoms in total. The number of halogens is 1. The second-order valence-corrected chi connectivity index (χ2v) is 9.06. The van der Waals surface area contributed by atoms with Crippen molar-refractivity contribution in [2.45, 2.75) is 31.3 Å². The minimum atomic E-state index is -3.09. The predicted octanol–water partition coefficient (Wildman–Crippen LogP) is 1.26. The van der Waals surface area contributed by atoms with Crippen LogP contribution >= 0.6 is 11.6 Å². The number of esters is 1. The van der Waals surface area contributed by atoms with E-state index in [1.165, 1.54) is 18.2 Å². The number of carbonyl (C=O) groups is 2. The molecule has 1 aliphatic heterocycles. The number of carbonyl (C=O) groups excluding carboxylic acids is 2. The van der Waals surface area contributed by atoms with Gasteiger partial charge >= 0.3 is 5.97 Å². The number of benzene rings is 1. The summed E-state index contributed by atoms with van der Waals surface area (Å²) in [6.45, 7) is -0.437. The lowest BCUT2D eigenvalue weighted by atomic mass is 10.2. The van der Waals surface area contributed by atoms with Gasteiger partial charge in [-0.1, -0.05) is 11.6 Å². The Kier molecular flexibility index (Phi) is 4.92. The summed E-state index contributed by atoms with van der Waals surface area (Å²) in [5.74, 6) is -1.01. The Labute approximate surface area is 151 Å². The van der Waals surface area contributed by atoms with Crippen molar-refractivity contribution in [2.24, 2.45) is 0 Å². The fourth-order valence-electron chi connectivity index (χ4n) is 3.05. The Balaban J connectivity index is 1.63. The molecule has 3 rings (SSSR count). The normalized spacial score (nSPS) is 21.7. The van der Waals surface area contributed by atoms with Crippen LogP contribution in [0.4, 0.5) is 5.69 Å². The number of rotatable bonds is 5. The SMILES string of the molecule is Nc1cc(Cl)ccc1C(=O)OCC(=O)N(C1CC1)[C@H]1CCS(=O)(=O)C1. The van der Waals surface area contributed by atoms with Crippen molar-refractivity contribution in [3.05, 3.63) is 28.8 Å². The summed E-state index contributed by atoms with van der Waals surface area (Å²) in [5.41, 5.74) is 6.04. The Hall–Kier alpha value is -1.80. The molecule has 1 amide bonds. The van der Waals surface area contributed by atoms with E-state index in [-0.39, 0.29) is 40.7 Å². The topological polar surface area (TPSA) is 107 Å². The van der Waals surface area contributed by atoms with Crippen LogP contribution in [0.25, 0.3) is 0 Å². The second kappa shape index (κ2) is 6.84. The lowest BCUT2D eigenvalue weighted by Crippen LogP contribution is -2.44. The Morgan fingerprint density at radius 1 is 1.24 bits per heavy atom. The van der Waals surface area contributed by atoms with Crippen molar-refractivity contribution in [3.8, 4) is 0 Å². The van der Waals surface area contributed by atoms with E-state index in [4.69, 9.17) is 22.1 Å². The minimum Gasteiger partial charge on any atom is -0.452 e. The highest BCUT2D eigenvalue weighted by Crippen LogP contribution is 2.32. The second-order valence-electron chi connectivity index (χ2n) is 6.40. The van der Waals surface area contributed by atoms with Crippen LogP contribution in [0.2, 0.25) is 5.02 Å². The number of anilines is 1. The summed E-state index contributed by atoms with van der Waals surface area (Å²) in [7, 11) is -3.09. The third-order valence-corrected chi connectivity index (χ3v) is 6.38. The first-order chi connectivity index (χ1) is 11.8. The molecule has 2 fully saturated rings. The summed E-state index contributed by atoms with van der Waals surface area (Å²) in [6.07, 6.45) is 2.13. The molecule has 1 saturated heterocycles. The van der Waals surface area contributed by atoms with Gasteiger partial charge in [-0.15, -0.1) is 0 Å². The van der Waals surface area contributed by atoms with Crippen molar-refractivity contribution in [3.63, 3.8) is 0 Å². The first kappa shape index (κ1) is 18.0. The van der Waals surface area contributed by atoms with Gasteiger partial charge in [-0.2, -0.15) is 0 Å². The molecule has 1 aromatic rings. The van der Waals surface area contributed by atoms with Crippen LogP contribution in [0.15, 0.2) is 18.2 Å². The van der Waals surface area contributed by atoms with Gasteiger partial charge in [-0.3, -0.25) is 4.79 Å². The fraction of sp³-hybridized carbons (Fsp3) is 0.500. The minimum absolute atomic E-state index is 0.0205. The quantitative estimate of drug-likeness (QED) is 0.603. The summed E-state index contributed by atoms with van der Waals surface area (Å²) < 4.78 is 28.4. The highest BCUT2D eigenvalue weighted by Gasteiger charge is 2.42. The Bertz CT molecular complexity index is 807. The predicted molar refractivity (Wildman–Crippen MR) is 93.1 cm³/mol. The summed E-state index contributed by atoms with van der Waals surface area (Å²) in [5, 5.41) is 0.396. The lowest BCUT2D eigenvalue weighted by molar-refractivity contribution is -0.137. The molecule has 1 heterocycles. The molecule has 0 bridgehead atoms. The smallest absolute Gasteiger partial charge is 0.340 e. The lowest BCUT2D eigenvalue weighted by Gasteiger charge is -2.28. The van der Waals surface area contributed by atoms with Gasteiger partial charge in [0.1, 0.15) is 0 Å². The number of hydrogen-bond donors (Lipinski definition) is 1. The molecule has 0 radical (unpaired) electrons. The van der Waals surface area contributed by atoms with E-state index in [2.05, 4.69) is 0 Å². The molecule has 0 spiro atoms. The molecule has 2 N–H and O–H groups in total. The molecule has 1 aliphatic carbocycles. The van der Waals surface area contributed by atoms with E-state index < -0.39 is 22.4 Å². The van der Waals surface area contributed by atoms with E-state index in [0.717, 1.165) is 12.8 Å². The van der Waals surface area contributed by atoms with Gasteiger partial charge in [0.05, 0.1) is 17.1 Å². The molecule has 136 valence electrons. The number of amides is 1. The van der Waals surface area contributed by atoms with Crippen LogP contribution in [0.5, 0.6) is 0 Å². The molecule has 1 aromatic carbocycles. The fourth-order valence-corrected chi connectivity index (χ4v) is 4.94. The van der Waals surface area contributed by atoms with Crippen LogP contribution in [0, 0.1) is 0 Å². The molecule has 0 unspecified atom stereocenters. The largest absolute Gasteiger partial charge is 0.452 e. The van der Waals surface area contributed by atoms with Crippen LogP contribution < -0.4 is 5.73 Å². The molecule has 9 heteroatoms. The first-order valence-corrected chi connectivity index (χ1v) is 10.2.